The fourth-order valence-electron chi connectivity index (χ4n) is 4.14. The third kappa shape index (κ3) is 5.35. The Morgan fingerprint density at radius 2 is 1.67 bits per heavy atom. The number of hydrogen-bond acceptors (Lipinski definition) is 4. The monoisotopic (exact) mass is 342 g/mol. The highest BCUT2D eigenvalue weighted by molar-refractivity contribution is 4.84. The Bertz CT molecular complexity index is 393. The van der Waals surface area contributed by atoms with Gasteiger partial charge in [0.25, 0.3) is 5.92 Å². The molecule has 0 aromatic rings. The quantitative estimate of drug-likeness (QED) is 0.670. The second-order valence-electron chi connectivity index (χ2n) is 7.69. The van der Waals surface area contributed by atoms with E-state index in [2.05, 4.69) is 28.3 Å². The van der Waals surface area contributed by atoms with Crippen LogP contribution in [0.1, 0.15) is 39.0 Å². The summed E-state index contributed by atoms with van der Waals surface area (Å²) in [5, 5.41) is 0. The molecule has 1 unspecified atom stereocenters. The van der Waals surface area contributed by atoms with Crippen LogP contribution in [-0.2, 0) is 0 Å². The van der Waals surface area contributed by atoms with E-state index in [-0.39, 0.29) is 13.0 Å². The van der Waals surface area contributed by atoms with Crippen molar-refractivity contribution in [3.63, 3.8) is 0 Å². The third-order valence-electron chi connectivity index (χ3n) is 5.64. The molecule has 0 aliphatic carbocycles. The highest BCUT2D eigenvalue weighted by Gasteiger charge is 2.37. The maximum absolute atomic E-state index is 13.2. The predicted octanol–water partition coefficient (Wildman–Crippen LogP) is 2.21. The summed E-state index contributed by atoms with van der Waals surface area (Å²) in [5.74, 6) is -2.46. The highest BCUT2D eigenvalue weighted by Crippen LogP contribution is 2.26. The zero-order valence-electron chi connectivity index (χ0n) is 15.0. The van der Waals surface area contributed by atoms with Crippen LogP contribution in [-0.4, -0.2) is 90.5 Å². The molecule has 0 spiro atoms. The Hall–Kier alpha value is -0.300. The molecule has 0 N–H and O–H groups in total. The van der Waals surface area contributed by atoms with Gasteiger partial charge in [-0.3, -0.25) is 14.7 Å². The molecule has 3 rings (SSSR count). The molecule has 6 heteroatoms. The molecular weight excluding hydrogens is 310 g/mol. The average Bonchev–Trinajstić information content (AvgIpc) is 3.22. The molecular formula is C18H32F2N4. The van der Waals surface area contributed by atoms with Gasteiger partial charge in [-0.05, 0) is 52.2 Å². The van der Waals surface area contributed by atoms with Gasteiger partial charge in [0.15, 0.2) is 0 Å². The fourth-order valence-corrected chi connectivity index (χ4v) is 4.14. The number of likely N-dealkylation sites (tertiary alicyclic amines) is 2. The minimum absolute atomic E-state index is 0.0262. The summed E-state index contributed by atoms with van der Waals surface area (Å²) >= 11 is 0. The number of alkyl halides is 2. The maximum Gasteiger partial charge on any atom is 0.261 e. The molecule has 3 aliphatic rings. The molecule has 1 atom stereocenters. The molecule has 0 amide bonds. The van der Waals surface area contributed by atoms with Gasteiger partial charge in [0.05, 0.1) is 6.54 Å². The second-order valence-corrected chi connectivity index (χ2v) is 7.69. The van der Waals surface area contributed by atoms with E-state index in [1.54, 1.807) is 0 Å². The van der Waals surface area contributed by atoms with Gasteiger partial charge in [0.1, 0.15) is 6.67 Å². The first-order valence-electron chi connectivity index (χ1n) is 9.62. The smallest absolute Gasteiger partial charge is 0.261 e. The highest BCUT2D eigenvalue weighted by atomic mass is 19.3. The molecule has 0 saturated carbocycles. The van der Waals surface area contributed by atoms with Gasteiger partial charge < -0.3 is 4.90 Å². The van der Waals surface area contributed by atoms with Crippen molar-refractivity contribution >= 4 is 0 Å². The van der Waals surface area contributed by atoms with E-state index in [0.717, 1.165) is 45.2 Å². The first kappa shape index (κ1) is 18.5. The molecule has 138 valence electrons. The zero-order valence-corrected chi connectivity index (χ0v) is 15.0. The first-order valence-corrected chi connectivity index (χ1v) is 9.62. The summed E-state index contributed by atoms with van der Waals surface area (Å²) < 4.78 is 26.3. The predicted molar refractivity (Wildman–Crippen MR) is 91.9 cm³/mol. The molecule has 24 heavy (non-hydrogen) atoms. The van der Waals surface area contributed by atoms with Crippen LogP contribution in [0, 0.1) is 6.67 Å². The van der Waals surface area contributed by atoms with E-state index in [0.29, 0.717) is 6.54 Å². The van der Waals surface area contributed by atoms with Crippen molar-refractivity contribution in [3.8, 4) is 0 Å². The van der Waals surface area contributed by atoms with Crippen LogP contribution in [0.2, 0.25) is 0 Å². The van der Waals surface area contributed by atoms with Crippen molar-refractivity contribution in [2.24, 2.45) is 0 Å². The van der Waals surface area contributed by atoms with Crippen LogP contribution in [0.25, 0.3) is 0 Å². The second kappa shape index (κ2) is 8.39. The number of rotatable bonds is 8. The SMILES string of the molecule is CC1CCCN1CCCN1[C]N(CCCN2CCC(F)(F)C2)CC1. The van der Waals surface area contributed by atoms with Crippen molar-refractivity contribution < 1.29 is 8.78 Å². The third-order valence-corrected chi connectivity index (χ3v) is 5.64. The van der Waals surface area contributed by atoms with Crippen LogP contribution >= 0.6 is 0 Å². The standard InChI is InChI=1S/C18H32F2N4/c1-17-5-2-10-24(17)11-4-9-23-14-13-22(16-23)8-3-7-21-12-6-18(19,20)15-21/h17H,2-15H2,1H3. The largest absolute Gasteiger partial charge is 0.301 e. The maximum atomic E-state index is 13.2. The van der Waals surface area contributed by atoms with Crippen LogP contribution in [0.3, 0.4) is 0 Å². The molecule has 4 nitrogen and oxygen atoms in total. The van der Waals surface area contributed by atoms with E-state index in [1.807, 2.05) is 4.90 Å². The number of nitrogens with zero attached hydrogens (tertiary/aromatic N) is 4. The van der Waals surface area contributed by atoms with Crippen molar-refractivity contribution in [3.05, 3.63) is 6.67 Å². The van der Waals surface area contributed by atoms with Crippen LogP contribution in [0.4, 0.5) is 8.78 Å². The van der Waals surface area contributed by atoms with Gasteiger partial charge >= 0.3 is 0 Å². The average molecular weight is 342 g/mol. The Balaban J connectivity index is 1.23. The van der Waals surface area contributed by atoms with Gasteiger partial charge in [-0.25, -0.2) is 8.78 Å². The lowest BCUT2D eigenvalue weighted by Gasteiger charge is -2.22. The molecule has 0 bridgehead atoms. The summed E-state index contributed by atoms with van der Waals surface area (Å²) in [4.78, 5) is 9.02. The minimum atomic E-state index is -2.46. The summed E-state index contributed by atoms with van der Waals surface area (Å²) in [6, 6.07) is 0.756. The normalized spacial score (nSPS) is 29.9. The zero-order chi connectivity index (χ0) is 17.0. The Morgan fingerprint density at radius 1 is 0.958 bits per heavy atom. The summed E-state index contributed by atoms with van der Waals surface area (Å²) in [7, 11) is 0. The summed E-state index contributed by atoms with van der Waals surface area (Å²) in [5.41, 5.74) is 0. The lowest BCUT2D eigenvalue weighted by atomic mass is 10.2. The van der Waals surface area contributed by atoms with Gasteiger partial charge in [0, 0.05) is 45.2 Å². The molecule has 3 aliphatic heterocycles. The summed E-state index contributed by atoms with van der Waals surface area (Å²) in [6.07, 6.45) is 4.87. The van der Waals surface area contributed by atoms with Crippen molar-refractivity contribution in [2.75, 3.05) is 58.9 Å². The first-order chi connectivity index (χ1) is 11.5. The van der Waals surface area contributed by atoms with Gasteiger partial charge in [-0.15, -0.1) is 0 Å². The number of hydrogen-bond donors (Lipinski definition) is 0. The van der Waals surface area contributed by atoms with E-state index in [9.17, 15) is 8.78 Å². The minimum Gasteiger partial charge on any atom is -0.301 e. The molecule has 3 fully saturated rings. The number of halogens is 2. The molecule has 0 aromatic heterocycles. The van der Waals surface area contributed by atoms with Gasteiger partial charge in [-0.1, -0.05) is 0 Å². The van der Waals surface area contributed by atoms with E-state index in [1.165, 1.54) is 32.4 Å². The van der Waals surface area contributed by atoms with Crippen LogP contribution < -0.4 is 0 Å². The molecule has 3 heterocycles. The Morgan fingerprint density at radius 3 is 2.25 bits per heavy atom. The van der Waals surface area contributed by atoms with Crippen molar-refractivity contribution in [1.29, 1.82) is 0 Å². The molecule has 3 saturated heterocycles. The van der Waals surface area contributed by atoms with Crippen LogP contribution in [0.15, 0.2) is 0 Å². The molecule has 0 aromatic carbocycles. The van der Waals surface area contributed by atoms with Crippen molar-refractivity contribution in [1.82, 2.24) is 19.6 Å². The lowest BCUT2D eigenvalue weighted by molar-refractivity contribution is 0.0120. The van der Waals surface area contributed by atoms with Crippen LogP contribution in [0.5, 0.6) is 0 Å². The van der Waals surface area contributed by atoms with Gasteiger partial charge in [0.2, 0.25) is 0 Å². The Labute approximate surface area is 145 Å². The van der Waals surface area contributed by atoms with E-state index in [4.69, 9.17) is 0 Å². The van der Waals surface area contributed by atoms with E-state index < -0.39 is 5.92 Å². The topological polar surface area (TPSA) is 13.0 Å². The van der Waals surface area contributed by atoms with Crippen molar-refractivity contribution in [2.45, 2.75) is 51.0 Å². The summed E-state index contributed by atoms with van der Waals surface area (Å²) in [6.45, 7) is 13.6. The Kier molecular flexibility index (Phi) is 6.46. The molecule has 2 radical (unpaired) electrons. The fraction of sp³-hybridized carbons (Fsp3) is 0.944. The van der Waals surface area contributed by atoms with E-state index >= 15 is 0 Å². The van der Waals surface area contributed by atoms with Gasteiger partial charge in [-0.2, -0.15) is 0 Å². The lowest BCUT2D eigenvalue weighted by Crippen LogP contribution is -2.31.